The van der Waals surface area contributed by atoms with Gasteiger partial charge in [-0.1, -0.05) is 28.1 Å². The van der Waals surface area contributed by atoms with E-state index in [2.05, 4.69) is 63.5 Å². The average molecular weight is 446 g/mol. The van der Waals surface area contributed by atoms with E-state index >= 15 is 0 Å². The Morgan fingerprint density at radius 3 is 2.63 bits per heavy atom. The molecule has 0 radical (unpaired) electrons. The predicted octanol–water partition coefficient (Wildman–Crippen LogP) is 5.65. The highest BCUT2D eigenvalue weighted by atomic mass is 79.9. The standard InChI is InChI=1S/C20H20BrN3O2S/c1-12-5-6-14(7-13(12)2)17-11-27-20(23-17)24-22-10-15-8-16(21)9-18(25-3)19(15)26-4/h5-11H,1-4H3,(H,23,24)/b22-10-. The van der Waals surface area contributed by atoms with Gasteiger partial charge in [0, 0.05) is 21.0 Å². The molecule has 7 heteroatoms. The molecule has 0 saturated heterocycles. The van der Waals surface area contributed by atoms with Gasteiger partial charge in [0.15, 0.2) is 11.5 Å². The Morgan fingerprint density at radius 2 is 1.93 bits per heavy atom. The van der Waals surface area contributed by atoms with E-state index in [0.717, 1.165) is 26.4 Å². The van der Waals surface area contributed by atoms with Gasteiger partial charge >= 0.3 is 0 Å². The molecule has 27 heavy (non-hydrogen) atoms. The molecule has 0 aliphatic heterocycles. The maximum absolute atomic E-state index is 5.43. The first kappa shape index (κ1) is 19.4. The lowest BCUT2D eigenvalue weighted by Gasteiger charge is -2.10. The van der Waals surface area contributed by atoms with Crippen molar-refractivity contribution < 1.29 is 9.47 Å². The number of methoxy groups -OCH3 is 2. The van der Waals surface area contributed by atoms with Gasteiger partial charge in [-0.3, -0.25) is 5.43 Å². The lowest BCUT2D eigenvalue weighted by molar-refractivity contribution is 0.354. The summed E-state index contributed by atoms with van der Waals surface area (Å²) < 4.78 is 11.7. The Labute approximate surface area is 171 Å². The molecule has 1 aromatic heterocycles. The highest BCUT2D eigenvalue weighted by Gasteiger charge is 2.10. The summed E-state index contributed by atoms with van der Waals surface area (Å²) in [5.74, 6) is 1.26. The largest absolute Gasteiger partial charge is 0.493 e. The summed E-state index contributed by atoms with van der Waals surface area (Å²) in [5.41, 5.74) is 8.34. The first-order valence-electron chi connectivity index (χ1n) is 8.25. The van der Waals surface area contributed by atoms with Crippen molar-refractivity contribution in [2.45, 2.75) is 13.8 Å². The number of ether oxygens (including phenoxy) is 2. The summed E-state index contributed by atoms with van der Waals surface area (Å²) in [7, 11) is 3.21. The summed E-state index contributed by atoms with van der Waals surface area (Å²) in [4.78, 5) is 4.60. The molecule has 0 saturated carbocycles. The van der Waals surface area contributed by atoms with Gasteiger partial charge in [-0.05, 0) is 43.2 Å². The quantitative estimate of drug-likeness (QED) is 0.393. The molecule has 1 N–H and O–H groups in total. The summed E-state index contributed by atoms with van der Waals surface area (Å²) in [5, 5.41) is 7.03. The van der Waals surface area contributed by atoms with Gasteiger partial charge in [0.25, 0.3) is 0 Å². The average Bonchev–Trinajstić information content (AvgIpc) is 3.12. The van der Waals surface area contributed by atoms with Crippen LogP contribution in [0.15, 0.2) is 45.3 Å². The molecule has 2 aromatic carbocycles. The van der Waals surface area contributed by atoms with Crippen molar-refractivity contribution in [1.29, 1.82) is 0 Å². The second-order valence-electron chi connectivity index (χ2n) is 5.94. The van der Waals surface area contributed by atoms with Crippen LogP contribution < -0.4 is 14.9 Å². The van der Waals surface area contributed by atoms with Gasteiger partial charge in [-0.2, -0.15) is 5.10 Å². The molecule has 0 bridgehead atoms. The predicted molar refractivity (Wildman–Crippen MR) is 115 cm³/mol. The van der Waals surface area contributed by atoms with Crippen LogP contribution in [0, 0.1) is 13.8 Å². The summed E-state index contributed by atoms with van der Waals surface area (Å²) >= 11 is 4.98. The number of nitrogens with one attached hydrogen (secondary N) is 1. The van der Waals surface area contributed by atoms with Crippen LogP contribution in [0.2, 0.25) is 0 Å². The van der Waals surface area contributed by atoms with Crippen LogP contribution in [0.25, 0.3) is 11.3 Å². The molecule has 0 atom stereocenters. The molecule has 3 aromatic rings. The smallest absolute Gasteiger partial charge is 0.203 e. The van der Waals surface area contributed by atoms with Crippen molar-refractivity contribution in [3.63, 3.8) is 0 Å². The highest BCUT2D eigenvalue weighted by Crippen LogP contribution is 2.33. The maximum atomic E-state index is 5.43. The highest BCUT2D eigenvalue weighted by molar-refractivity contribution is 9.10. The minimum absolute atomic E-state index is 0.626. The van der Waals surface area contributed by atoms with E-state index in [1.807, 2.05) is 17.5 Å². The fraction of sp³-hybridized carbons (Fsp3) is 0.200. The first-order chi connectivity index (χ1) is 13.0. The van der Waals surface area contributed by atoms with Crippen LogP contribution in [0.3, 0.4) is 0 Å². The molecule has 0 spiro atoms. The van der Waals surface area contributed by atoms with Crippen molar-refractivity contribution in [2.75, 3.05) is 19.6 Å². The maximum Gasteiger partial charge on any atom is 0.203 e. The van der Waals surface area contributed by atoms with E-state index in [9.17, 15) is 0 Å². The molecule has 0 amide bonds. The Balaban J connectivity index is 1.77. The molecular formula is C20H20BrN3O2S. The van der Waals surface area contributed by atoms with Gasteiger partial charge in [0.05, 0.1) is 26.1 Å². The van der Waals surface area contributed by atoms with Gasteiger partial charge in [-0.15, -0.1) is 11.3 Å². The van der Waals surface area contributed by atoms with Crippen LogP contribution in [0.4, 0.5) is 5.13 Å². The summed E-state index contributed by atoms with van der Waals surface area (Å²) in [6.07, 6.45) is 1.68. The fourth-order valence-electron chi connectivity index (χ4n) is 2.57. The monoisotopic (exact) mass is 445 g/mol. The van der Waals surface area contributed by atoms with E-state index in [1.165, 1.54) is 22.5 Å². The van der Waals surface area contributed by atoms with Crippen LogP contribution in [-0.4, -0.2) is 25.4 Å². The van der Waals surface area contributed by atoms with Crippen molar-refractivity contribution in [1.82, 2.24) is 4.98 Å². The van der Waals surface area contributed by atoms with E-state index in [1.54, 1.807) is 20.4 Å². The van der Waals surface area contributed by atoms with Crippen molar-refractivity contribution in [2.24, 2.45) is 5.10 Å². The van der Waals surface area contributed by atoms with Gasteiger partial charge in [0.1, 0.15) is 0 Å². The van der Waals surface area contributed by atoms with Crippen LogP contribution in [0.5, 0.6) is 11.5 Å². The number of benzene rings is 2. The number of hydrogen-bond acceptors (Lipinski definition) is 6. The normalized spacial score (nSPS) is 11.0. The molecule has 0 unspecified atom stereocenters. The zero-order chi connectivity index (χ0) is 19.4. The third-order valence-electron chi connectivity index (χ3n) is 4.14. The topological polar surface area (TPSA) is 55.7 Å². The SMILES string of the molecule is COc1cc(Br)cc(/C=N\Nc2nc(-c3ccc(C)c(C)c3)cs2)c1OC. The van der Waals surface area contributed by atoms with E-state index in [4.69, 9.17) is 9.47 Å². The summed E-state index contributed by atoms with van der Waals surface area (Å²) in [6, 6.07) is 10.1. The number of aromatic nitrogens is 1. The third kappa shape index (κ3) is 4.48. The lowest BCUT2D eigenvalue weighted by atomic mass is 10.1. The number of nitrogens with zero attached hydrogens (tertiary/aromatic N) is 2. The minimum atomic E-state index is 0.626. The zero-order valence-electron chi connectivity index (χ0n) is 15.5. The molecule has 0 aliphatic carbocycles. The molecule has 0 fully saturated rings. The molecule has 3 rings (SSSR count). The van der Waals surface area contributed by atoms with Crippen molar-refractivity contribution in [3.8, 4) is 22.8 Å². The zero-order valence-corrected chi connectivity index (χ0v) is 17.9. The van der Waals surface area contributed by atoms with Crippen LogP contribution in [0.1, 0.15) is 16.7 Å². The number of thiazole rings is 1. The Bertz CT molecular complexity index is 985. The number of rotatable bonds is 6. The minimum Gasteiger partial charge on any atom is -0.493 e. The van der Waals surface area contributed by atoms with Crippen molar-refractivity contribution >= 4 is 38.6 Å². The number of aryl methyl sites for hydroxylation is 2. The molecule has 0 aliphatic rings. The second kappa shape index (κ2) is 8.54. The first-order valence-corrected chi connectivity index (χ1v) is 9.93. The molecule has 1 heterocycles. The van der Waals surface area contributed by atoms with E-state index in [0.29, 0.717) is 11.5 Å². The Kier molecular flexibility index (Phi) is 6.13. The van der Waals surface area contributed by atoms with Crippen LogP contribution in [-0.2, 0) is 0 Å². The molecule has 5 nitrogen and oxygen atoms in total. The van der Waals surface area contributed by atoms with Gasteiger partial charge in [-0.25, -0.2) is 4.98 Å². The lowest BCUT2D eigenvalue weighted by Crippen LogP contribution is -1.97. The fourth-order valence-corrected chi connectivity index (χ4v) is 3.69. The van der Waals surface area contributed by atoms with Gasteiger partial charge < -0.3 is 9.47 Å². The van der Waals surface area contributed by atoms with E-state index < -0.39 is 0 Å². The Morgan fingerprint density at radius 1 is 1.11 bits per heavy atom. The number of hydrogen-bond donors (Lipinski definition) is 1. The van der Waals surface area contributed by atoms with Crippen molar-refractivity contribution in [3.05, 3.63) is 56.9 Å². The van der Waals surface area contributed by atoms with E-state index in [-0.39, 0.29) is 0 Å². The number of halogens is 1. The molecular weight excluding hydrogens is 426 g/mol. The summed E-state index contributed by atoms with van der Waals surface area (Å²) in [6.45, 7) is 4.21. The van der Waals surface area contributed by atoms with Crippen LogP contribution >= 0.6 is 27.3 Å². The second-order valence-corrected chi connectivity index (χ2v) is 7.71. The van der Waals surface area contributed by atoms with Gasteiger partial charge in [0.2, 0.25) is 5.13 Å². The third-order valence-corrected chi connectivity index (χ3v) is 5.35. The number of hydrazone groups is 1. The Hall–Kier alpha value is -2.38. The molecule has 140 valence electrons. The number of anilines is 1.